The van der Waals surface area contributed by atoms with Gasteiger partial charge in [-0.25, -0.2) is 0 Å². The Balaban J connectivity index is 1.52. The predicted molar refractivity (Wildman–Crippen MR) is 107 cm³/mol. The summed E-state index contributed by atoms with van der Waals surface area (Å²) in [7, 11) is 1.60. The largest absolute Gasteiger partial charge is 0.497 e. The number of aryl methyl sites for hydroxylation is 1. The molecule has 0 aliphatic carbocycles. The minimum absolute atomic E-state index is 0.0501. The van der Waals surface area contributed by atoms with Crippen LogP contribution < -0.4 is 4.74 Å². The van der Waals surface area contributed by atoms with Crippen LogP contribution in [0.4, 0.5) is 13.2 Å². The molecule has 0 N–H and O–H groups in total. The van der Waals surface area contributed by atoms with Gasteiger partial charge in [0.05, 0.1) is 23.9 Å². The van der Waals surface area contributed by atoms with Gasteiger partial charge < -0.3 is 14.4 Å². The van der Waals surface area contributed by atoms with Crippen LogP contribution in [0.1, 0.15) is 22.5 Å². The highest BCUT2D eigenvalue weighted by atomic mass is 19.4. The van der Waals surface area contributed by atoms with Crippen molar-refractivity contribution in [3.05, 3.63) is 35.5 Å². The number of aromatic nitrogens is 1. The van der Waals surface area contributed by atoms with E-state index >= 15 is 0 Å². The van der Waals surface area contributed by atoms with E-state index in [2.05, 4.69) is 14.6 Å². The van der Waals surface area contributed by atoms with Gasteiger partial charge in [0.25, 0.3) is 5.91 Å². The molecule has 1 amide bonds. The molecule has 6 nitrogen and oxygen atoms in total. The Morgan fingerprint density at radius 1 is 1.17 bits per heavy atom. The zero-order valence-electron chi connectivity index (χ0n) is 17.2. The van der Waals surface area contributed by atoms with Gasteiger partial charge in [-0.15, -0.1) is 0 Å². The first-order valence-electron chi connectivity index (χ1n) is 9.88. The van der Waals surface area contributed by atoms with Gasteiger partial charge in [-0.3, -0.25) is 14.7 Å². The number of rotatable bonds is 7. The molecule has 30 heavy (non-hydrogen) atoms. The first-order chi connectivity index (χ1) is 14.3. The van der Waals surface area contributed by atoms with Crippen molar-refractivity contribution in [3.63, 3.8) is 0 Å². The van der Waals surface area contributed by atoms with Crippen LogP contribution in [0.25, 0.3) is 10.9 Å². The molecule has 1 aromatic heterocycles. The fourth-order valence-electron chi connectivity index (χ4n) is 3.51. The Bertz CT molecular complexity index is 881. The van der Waals surface area contributed by atoms with Gasteiger partial charge >= 0.3 is 6.18 Å². The van der Waals surface area contributed by atoms with Gasteiger partial charge in [-0.05, 0) is 31.5 Å². The van der Waals surface area contributed by atoms with Gasteiger partial charge in [0, 0.05) is 50.8 Å². The highest BCUT2D eigenvalue weighted by Crippen LogP contribution is 2.23. The van der Waals surface area contributed by atoms with E-state index in [4.69, 9.17) is 4.74 Å². The lowest BCUT2D eigenvalue weighted by molar-refractivity contribution is -0.174. The molecule has 1 aliphatic heterocycles. The minimum Gasteiger partial charge on any atom is -0.497 e. The molecule has 3 rings (SSSR count). The number of halogens is 3. The van der Waals surface area contributed by atoms with Gasteiger partial charge in [0.2, 0.25) is 0 Å². The number of piperazine rings is 1. The number of amides is 1. The van der Waals surface area contributed by atoms with Crippen molar-refractivity contribution < 1.29 is 27.4 Å². The molecule has 0 spiro atoms. The summed E-state index contributed by atoms with van der Waals surface area (Å²) in [6, 6.07) is 7.43. The highest BCUT2D eigenvalue weighted by Gasteiger charge is 2.27. The second kappa shape index (κ2) is 9.61. The van der Waals surface area contributed by atoms with Gasteiger partial charge in [0.1, 0.15) is 12.4 Å². The monoisotopic (exact) mass is 425 g/mol. The van der Waals surface area contributed by atoms with Crippen LogP contribution in [0, 0.1) is 6.92 Å². The summed E-state index contributed by atoms with van der Waals surface area (Å²) in [5.41, 5.74) is 2.03. The molecule has 0 saturated carbocycles. The predicted octanol–water partition coefficient (Wildman–Crippen LogP) is 3.28. The quantitative estimate of drug-likeness (QED) is 0.638. The normalized spacial score (nSPS) is 15.6. The first kappa shape index (κ1) is 22.3. The van der Waals surface area contributed by atoms with E-state index in [0.29, 0.717) is 56.2 Å². The lowest BCUT2D eigenvalue weighted by Gasteiger charge is -2.35. The van der Waals surface area contributed by atoms with Crippen molar-refractivity contribution in [2.75, 3.05) is 53.0 Å². The maximum absolute atomic E-state index is 13.0. The van der Waals surface area contributed by atoms with Gasteiger partial charge in [0.15, 0.2) is 0 Å². The number of ether oxygens (including phenoxy) is 2. The third kappa shape index (κ3) is 5.82. The van der Waals surface area contributed by atoms with Gasteiger partial charge in [-0.1, -0.05) is 0 Å². The van der Waals surface area contributed by atoms with Gasteiger partial charge in [-0.2, -0.15) is 13.2 Å². The number of hydrogen-bond acceptors (Lipinski definition) is 5. The third-order valence-electron chi connectivity index (χ3n) is 5.13. The number of nitrogens with zero attached hydrogens (tertiary/aromatic N) is 3. The number of hydrogen-bond donors (Lipinski definition) is 0. The molecule has 1 saturated heterocycles. The Hall–Kier alpha value is -2.39. The van der Waals surface area contributed by atoms with E-state index in [1.54, 1.807) is 12.0 Å². The summed E-state index contributed by atoms with van der Waals surface area (Å²) in [6.45, 7) is 3.85. The molecule has 0 unspecified atom stereocenters. The summed E-state index contributed by atoms with van der Waals surface area (Å²) >= 11 is 0. The fourth-order valence-corrected chi connectivity index (χ4v) is 3.51. The van der Waals surface area contributed by atoms with Crippen molar-refractivity contribution in [1.82, 2.24) is 14.8 Å². The maximum Gasteiger partial charge on any atom is 0.411 e. The zero-order chi connectivity index (χ0) is 21.7. The summed E-state index contributed by atoms with van der Waals surface area (Å²) in [5.74, 6) is 0.666. The molecule has 0 atom stereocenters. The van der Waals surface area contributed by atoms with Crippen LogP contribution in [0.15, 0.2) is 24.3 Å². The topological polar surface area (TPSA) is 54.9 Å². The molecule has 1 aromatic carbocycles. The SMILES string of the molecule is COc1ccc2cc(C(=O)N3CCN(CCCOCC(F)(F)F)CC3)c(C)nc2c1. The van der Waals surface area contributed by atoms with E-state index in [-0.39, 0.29) is 12.5 Å². The van der Waals surface area contributed by atoms with E-state index in [1.165, 1.54) is 0 Å². The molecule has 1 aliphatic rings. The highest BCUT2D eigenvalue weighted by molar-refractivity contribution is 5.98. The van der Waals surface area contributed by atoms with Crippen LogP contribution >= 0.6 is 0 Å². The summed E-state index contributed by atoms with van der Waals surface area (Å²) in [4.78, 5) is 21.5. The van der Waals surface area contributed by atoms with Crippen LogP contribution in [-0.4, -0.2) is 79.9 Å². The van der Waals surface area contributed by atoms with Crippen molar-refractivity contribution in [2.45, 2.75) is 19.5 Å². The van der Waals surface area contributed by atoms with E-state index in [9.17, 15) is 18.0 Å². The Morgan fingerprint density at radius 3 is 2.57 bits per heavy atom. The molecule has 0 bridgehead atoms. The molecular formula is C21H26F3N3O3. The maximum atomic E-state index is 13.0. The Morgan fingerprint density at radius 2 is 1.90 bits per heavy atom. The number of pyridine rings is 1. The molecular weight excluding hydrogens is 399 g/mol. The molecule has 1 fully saturated rings. The summed E-state index contributed by atoms with van der Waals surface area (Å²) in [6.07, 6.45) is -3.75. The second-order valence-electron chi connectivity index (χ2n) is 7.34. The van der Waals surface area contributed by atoms with Crippen LogP contribution in [0.2, 0.25) is 0 Å². The van der Waals surface area contributed by atoms with E-state index < -0.39 is 12.8 Å². The zero-order valence-corrected chi connectivity index (χ0v) is 17.2. The first-order valence-corrected chi connectivity index (χ1v) is 9.88. The average molecular weight is 425 g/mol. The number of fused-ring (bicyclic) bond motifs is 1. The molecule has 2 aromatic rings. The lowest BCUT2D eigenvalue weighted by Crippen LogP contribution is -2.49. The third-order valence-corrected chi connectivity index (χ3v) is 5.13. The lowest BCUT2D eigenvalue weighted by atomic mass is 10.1. The number of methoxy groups -OCH3 is 1. The van der Waals surface area contributed by atoms with E-state index in [1.807, 2.05) is 31.2 Å². The second-order valence-corrected chi connectivity index (χ2v) is 7.34. The molecule has 164 valence electrons. The summed E-state index contributed by atoms with van der Waals surface area (Å²) < 4.78 is 46.0. The van der Waals surface area contributed by atoms with Crippen molar-refractivity contribution in [1.29, 1.82) is 0 Å². The van der Waals surface area contributed by atoms with Crippen molar-refractivity contribution in [3.8, 4) is 5.75 Å². The summed E-state index contributed by atoms with van der Waals surface area (Å²) in [5, 5.41) is 0.877. The fraction of sp³-hybridized carbons (Fsp3) is 0.524. The molecule has 9 heteroatoms. The molecule has 2 heterocycles. The number of benzene rings is 1. The number of carbonyl (C=O) groups excluding carboxylic acids is 1. The standard InChI is InChI=1S/C21H26F3N3O3/c1-15-18(12-16-4-5-17(29-2)13-19(16)25-15)20(28)27-9-7-26(8-10-27)6-3-11-30-14-21(22,23)24/h4-5,12-13H,3,6-11,14H2,1-2H3. The van der Waals surface area contributed by atoms with E-state index in [0.717, 1.165) is 10.9 Å². The smallest absolute Gasteiger partial charge is 0.411 e. The number of alkyl halides is 3. The molecule has 0 radical (unpaired) electrons. The minimum atomic E-state index is -4.28. The van der Waals surface area contributed by atoms with Crippen molar-refractivity contribution >= 4 is 16.8 Å². The Kier molecular flexibility index (Phi) is 7.14. The van der Waals surface area contributed by atoms with Crippen LogP contribution in [0.3, 0.4) is 0 Å². The van der Waals surface area contributed by atoms with Crippen LogP contribution in [-0.2, 0) is 4.74 Å². The number of carbonyl (C=O) groups is 1. The Labute approximate surface area is 173 Å². The van der Waals surface area contributed by atoms with Crippen LogP contribution in [0.5, 0.6) is 5.75 Å². The average Bonchev–Trinajstić information content (AvgIpc) is 2.71. The van der Waals surface area contributed by atoms with Crippen molar-refractivity contribution in [2.24, 2.45) is 0 Å².